The summed E-state index contributed by atoms with van der Waals surface area (Å²) in [5.74, 6) is -1.30. The van der Waals surface area contributed by atoms with E-state index >= 15 is 0 Å². The maximum atomic E-state index is 12.0. The number of nitrogens with zero attached hydrogens (tertiary/aromatic N) is 1. The van der Waals surface area contributed by atoms with Gasteiger partial charge in [0.05, 0.1) is 6.04 Å². The van der Waals surface area contributed by atoms with E-state index in [1.54, 1.807) is 38.2 Å². The van der Waals surface area contributed by atoms with Crippen molar-refractivity contribution < 1.29 is 14.7 Å². The Labute approximate surface area is 100 Å². The number of anilines is 1. The summed E-state index contributed by atoms with van der Waals surface area (Å²) in [6, 6.07) is 8.35. The van der Waals surface area contributed by atoms with Crippen LogP contribution in [0.4, 0.5) is 5.69 Å². The van der Waals surface area contributed by atoms with Gasteiger partial charge >= 0.3 is 5.97 Å². The normalized spacial score (nSPS) is 11.9. The lowest BCUT2D eigenvalue weighted by molar-refractivity contribution is -0.136. The minimum Gasteiger partial charge on any atom is -0.480 e. The van der Waals surface area contributed by atoms with Gasteiger partial charge in [0.25, 0.3) is 0 Å². The number of amides is 1. The minimum absolute atomic E-state index is 0.263. The van der Waals surface area contributed by atoms with Crippen molar-refractivity contribution in [1.29, 1.82) is 0 Å². The first kappa shape index (κ1) is 13.2. The third kappa shape index (κ3) is 3.57. The number of hydrogen-bond donors (Lipinski definition) is 2. The monoisotopic (exact) mass is 236 g/mol. The highest BCUT2D eigenvalue weighted by Gasteiger charge is 2.22. The summed E-state index contributed by atoms with van der Waals surface area (Å²) < 4.78 is 0. The Morgan fingerprint density at radius 2 is 1.94 bits per heavy atom. The third-order valence-electron chi connectivity index (χ3n) is 2.43. The molecule has 0 radical (unpaired) electrons. The smallest absolute Gasteiger partial charge is 0.323 e. The highest BCUT2D eigenvalue weighted by molar-refractivity contribution is 6.00. The molecule has 1 atom stereocenters. The van der Waals surface area contributed by atoms with Gasteiger partial charge in [0.1, 0.15) is 6.54 Å². The zero-order valence-electron chi connectivity index (χ0n) is 9.88. The van der Waals surface area contributed by atoms with Crippen molar-refractivity contribution in [3.05, 3.63) is 30.3 Å². The SMILES string of the molecule is CNC(C)C(=O)N(CC(=O)O)c1ccccc1. The first-order valence-corrected chi connectivity index (χ1v) is 5.31. The van der Waals surface area contributed by atoms with E-state index in [1.165, 1.54) is 4.90 Å². The topological polar surface area (TPSA) is 69.6 Å². The summed E-state index contributed by atoms with van der Waals surface area (Å²) in [7, 11) is 1.66. The number of aliphatic carboxylic acids is 1. The zero-order chi connectivity index (χ0) is 12.8. The van der Waals surface area contributed by atoms with Crippen molar-refractivity contribution in [2.75, 3.05) is 18.5 Å². The molecule has 5 nitrogen and oxygen atoms in total. The van der Waals surface area contributed by atoms with Crippen LogP contribution in [-0.4, -0.2) is 36.6 Å². The van der Waals surface area contributed by atoms with Crippen LogP contribution in [0.5, 0.6) is 0 Å². The molecule has 0 aliphatic rings. The lowest BCUT2D eigenvalue weighted by Gasteiger charge is -2.24. The summed E-state index contributed by atoms with van der Waals surface area (Å²) in [6.07, 6.45) is 0. The van der Waals surface area contributed by atoms with Crippen LogP contribution in [-0.2, 0) is 9.59 Å². The predicted molar refractivity (Wildman–Crippen MR) is 65.0 cm³/mol. The van der Waals surface area contributed by atoms with Crippen LogP contribution in [0.25, 0.3) is 0 Å². The van der Waals surface area contributed by atoms with E-state index in [1.807, 2.05) is 6.07 Å². The fourth-order valence-electron chi connectivity index (χ4n) is 1.40. The van der Waals surface area contributed by atoms with E-state index in [-0.39, 0.29) is 12.5 Å². The largest absolute Gasteiger partial charge is 0.480 e. The molecule has 5 heteroatoms. The van der Waals surface area contributed by atoms with Crippen LogP contribution in [0.3, 0.4) is 0 Å². The van der Waals surface area contributed by atoms with Gasteiger partial charge in [-0.05, 0) is 26.1 Å². The molecule has 1 amide bonds. The molecular formula is C12H16N2O3. The van der Waals surface area contributed by atoms with Crippen LogP contribution in [0.15, 0.2) is 30.3 Å². The Morgan fingerprint density at radius 3 is 2.41 bits per heavy atom. The minimum atomic E-state index is -1.04. The molecule has 1 rings (SSSR count). The molecule has 0 aliphatic heterocycles. The van der Waals surface area contributed by atoms with E-state index in [2.05, 4.69) is 5.32 Å². The summed E-state index contributed by atoms with van der Waals surface area (Å²) in [6.45, 7) is 1.36. The fourth-order valence-corrected chi connectivity index (χ4v) is 1.40. The van der Waals surface area contributed by atoms with Gasteiger partial charge in [0.2, 0.25) is 5.91 Å². The molecule has 2 N–H and O–H groups in total. The van der Waals surface area contributed by atoms with Gasteiger partial charge in [-0.1, -0.05) is 18.2 Å². The Morgan fingerprint density at radius 1 is 1.35 bits per heavy atom. The maximum absolute atomic E-state index is 12.0. The van der Waals surface area contributed by atoms with Crippen molar-refractivity contribution in [1.82, 2.24) is 5.32 Å². The third-order valence-corrected chi connectivity index (χ3v) is 2.43. The van der Waals surface area contributed by atoms with Gasteiger partial charge in [0, 0.05) is 5.69 Å². The maximum Gasteiger partial charge on any atom is 0.323 e. The number of likely N-dealkylation sites (N-methyl/N-ethyl adjacent to an activating group) is 1. The molecule has 0 fully saturated rings. The fraction of sp³-hybridized carbons (Fsp3) is 0.333. The highest BCUT2D eigenvalue weighted by atomic mass is 16.4. The second kappa shape index (κ2) is 6.00. The number of carbonyl (C=O) groups excluding carboxylic acids is 1. The van der Waals surface area contributed by atoms with Crippen LogP contribution in [0.1, 0.15) is 6.92 Å². The molecule has 0 saturated heterocycles. The van der Waals surface area contributed by atoms with Crippen LogP contribution in [0, 0.1) is 0 Å². The van der Waals surface area contributed by atoms with E-state index in [4.69, 9.17) is 5.11 Å². The number of carbonyl (C=O) groups is 2. The molecule has 1 aromatic rings. The molecule has 92 valence electrons. The highest BCUT2D eigenvalue weighted by Crippen LogP contribution is 2.14. The average Bonchev–Trinajstić information content (AvgIpc) is 2.35. The van der Waals surface area contributed by atoms with Crippen molar-refractivity contribution >= 4 is 17.6 Å². The Balaban J connectivity index is 2.96. The number of carboxylic acids is 1. The van der Waals surface area contributed by atoms with E-state index in [0.717, 1.165) is 0 Å². The first-order chi connectivity index (χ1) is 8.06. The molecule has 0 aromatic heterocycles. The Hall–Kier alpha value is -1.88. The van der Waals surface area contributed by atoms with Crippen molar-refractivity contribution in [2.45, 2.75) is 13.0 Å². The van der Waals surface area contributed by atoms with Gasteiger partial charge in [-0.3, -0.25) is 14.5 Å². The van der Waals surface area contributed by atoms with Crippen LogP contribution in [0.2, 0.25) is 0 Å². The van der Waals surface area contributed by atoms with E-state index in [0.29, 0.717) is 5.69 Å². The van der Waals surface area contributed by atoms with Crippen LogP contribution >= 0.6 is 0 Å². The predicted octanol–water partition coefficient (Wildman–Crippen LogP) is 0.712. The number of nitrogens with one attached hydrogen (secondary N) is 1. The quantitative estimate of drug-likeness (QED) is 0.790. The number of carboxylic acid groups (broad SMARTS) is 1. The Kier molecular flexibility index (Phi) is 4.66. The van der Waals surface area contributed by atoms with E-state index in [9.17, 15) is 9.59 Å². The summed E-state index contributed by atoms with van der Waals surface area (Å²) in [5, 5.41) is 11.6. The van der Waals surface area contributed by atoms with Crippen molar-refractivity contribution in [2.24, 2.45) is 0 Å². The van der Waals surface area contributed by atoms with Gasteiger partial charge < -0.3 is 10.4 Å². The standard InChI is InChI=1S/C12H16N2O3/c1-9(13-2)12(17)14(8-11(15)16)10-6-4-3-5-7-10/h3-7,9,13H,8H2,1-2H3,(H,15,16). The van der Waals surface area contributed by atoms with Gasteiger partial charge in [0.15, 0.2) is 0 Å². The summed E-state index contributed by atoms with van der Waals surface area (Å²) >= 11 is 0. The van der Waals surface area contributed by atoms with E-state index < -0.39 is 12.0 Å². The number of hydrogen-bond acceptors (Lipinski definition) is 3. The lowest BCUT2D eigenvalue weighted by Crippen LogP contribution is -2.45. The van der Waals surface area contributed by atoms with Crippen molar-refractivity contribution in [3.63, 3.8) is 0 Å². The molecule has 1 unspecified atom stereocenters. The second-order valence-electron chi connectivity index (χ2n) is 3.66. The number of rotatable bonds is 5. The number of benzene rings is 1. The molecule has 0 aliphatic carbocycles. The lowest BCUT2D eigenvalue weighted by atomic mass is 10.2. The van der Waals surface area contributed by atoms with Crippen LogP contribution < -0.4 is 10.2 Å². The summed E-state index contributed by atoms with van der Waals surface area (Å²) in [5.41, 5.74) is 0.585. The first-order valence-electron chi connectivity index (χ1n) is 5.31. The van der Waals surface area contributed by atoms with Gasteiger partial charge in [-0.15, -0.1) is 0 Å². The number of para-hydroxylation sites is 1. The van der Waals surface area contributed by atoms with Gasteiger partial charge in [-0.2, -0.15) is 0 Å². The molecule has 0 spiro atoms. The average molecular weight is 236 g/mol. The molecule has 17 heavy (non-hydrogen) atoms. The zero-order valence-corrected chi connectivity index (χ0v) is 9.88. The molecular weight excluding hydrogens is 220 g/mol. The molecule has 1 aromatic carbocycles. The molecule has 0 bridgehead atoms. The molecule has 0 saturated carbocycles. The van der Waals surface area contributed by atoms with Gasteiger partial charge in [-0.25, -0.2) is 0 Å². The Bertz CT molecular complexity index is 392. The second-order valence-corrected chi connectivity index (χ2v) is 3.66. The molecule has 0 heterocycles. The van der Waals surface area contributed by atoms with Crippen molar-refractivity contribution in [3.8, 4) is 0 Å². The summed E-state index contributed by atoms with van der Waals surface area (Å²) in [4.78, 5) is 24.0.